The minimum atomic E-state index is 0.114. The molecule has 2 aromatic rings. The van der Waals surface area contributed by atoms with E-state index >= 15 is 0 Å². The number of carbonyl (C=O) groups excluding carboxylic acids is 1. The molecule has 1 amide bonds. The Labute approximate surface area is 143 Å². The van der Waals surface area contributed by atoms with Crippen LogP contribution in [0.1, 0.15) is 37.0 Å². The number of amides is 1. The van der Waals surface area contributed by atoms with E-state index in [-0.39, 0.29) is 12.0 Å². The summed E-state index contributed by atoms with van der Waals surface area (Å²) >= 11 is 0. The molecule has 0 atom stereocenters. The van der Waals surface area contributed by atoms with E-state index < -0.39 is 0 Å². The van der Waals surface area contributed by atoms with E-state index in [1.807, 2.05) is 66.2 Å². The van der Waals surface area contributed by atoms with Gasteiger partial charge in [0.1, 0.15) is 5.75 Å². The molecule has 128 valence electrons. The molecule has 0 unspecified atom stereocenters. The second-order valence-electron chi connectivity index (χ2n) is 6.65. The first-order valence-electron chi connectivity index (χ1n) is 8.65. The van der Waals surface area contributed by atoms with Crippen molar-refractivity contribution in [3.63, 3.8) is 0 Å². The van der Waals surface area contributed by atoms with Gasteiger partial charge in [0, 0.05) is 37.6 Å². The van der Waals surface area contributed by atoms with Crippen molar-refractivity contribution in [2.24, 2.45) is 5.92 Å². The van der Waals surface area contributed by atoms with Crippen LogP contribution in [0, 0.1) is 5.92 Å². The van der Waals surface area contributed by atoms with Gasteiger partial charge in [-0.2, -0.15) is 5.10 Å². The maximum atomic E-state index is 12.6. The first-order valence-corrected chi connectivity index (χ1v) is 8.65. The Bertz CT molecular complexity index is 642. The second-order valence-corrected chi connectivity index (χ2v) is 6.65. The van der Waals surface area contributed by atoms with Crippen LogP contribution in [0.25, 0.3) is 0 Å². The number of nitrogens with zero attached hydrogens (tertiary/aromatic N) is 3. The van der Waals surface area contributed by atoms with Crippen LogP contribution in [0.3, 0.4) is 0 Å². The Morgan fingerprint density at radius 3 is 2.54 bits per heavy atom. The van der Waals surface area contributed by atoms with Crippen molar-refractivity contribution >= 4 is 5.91 Å². The monoisotopic (exact) mass is 327 g/mol. The summed E-state index contributed by atoms with van der Waals surface area (Å²) < 4.78 is 7.61. The average molecular weight is 327 g/mol. The number of carbonyl (C=O) groups is 1. The van der Waals surface area contributed by atoms with Crippen molar-refractivity contribution in [3.05, 3.63) is 48.3 Å². The zero-order valence-corrected chi connectivity index (χ0v) is 14.4. The van der Waals surface area contributed by atoms with Gasteiger partial charge in [0.15, 0.2) is 0 Å². The van der Waals surface area contributed by atoms with Crippen molar-refractivity contribution in [2.75, 3.05) is 13.1 Å². The first kappa shape index (κ1) is 16.6. The van der Waals surface area contributed by atoms with Crippen LogP contribution < -0.4 is 4.74 Å². The molecule has 5 heteroatoms. The number of benzene rings is 1. The Hall–Kier alpha value is -2.30. The maximum absolute atomic E-state index is 12.6. The first-order chi connectivity index (χ1) is 11.6. The van der Waals surface area contributed by atoms with Gasteiger partial charge in [-0.05, 0) is 62.9 Å². The maximum Gasteiger partial charge on any atom is 0.253 e. The molecule has 0 bridgehead atoms. The van der Waals surface area contributed by atoms with Gasteiger partial charge in [-0.25, -0.2) is 0 Å². The van der Waals surface area contributed by atoms with Gasteiger partial charge >= 0.3 is 0 Å². The fraction of sp³-hybridized carbons (Fsp3) is 0.474. The lowest BCUT2D eigenvalue weighted by molar-refractivity contribution is 0.0681. The molecule has 5 nitrogen and oxygen atoms in total. The topological polar surface area (TPSA) is 47.4 Å². The fourth-order valence-corrected chi connectivity index (χ4v) is 3.12. The third-order valence-corrected chi connectivity index (χ3v) is 4.38. The Kier molecular flexibility index (Phi) is 5.18. The number of hydrogen-bond donors (Lipinski definition) is 0. The van der Waals surface area contributed by atoms with Crippen LogP contribution in [0.5, 0.6) is 5.75 Å². The van der Waals surface area contributed by atoms with Crippen LogP contribution in [-0.2, 0) is 6.54 Å². The van der Waals surface area contributed by atoms with Crippen LogP contribution in [0.4, 0.5) is 0 Å². The van der Waals surface area contributed by atoms with Gasteiger partial charge in [0.25, 0.3) is 5.91 Å². The molecule has 1 aliphatic heterocycles. The van der Waals surface area contributed by atoms with Gasteiger partial charge in [-0.3, -0.25) is 9.48 Å². The number of piperidine rings is 1. The summed E-state index contributed by atoms with van der Waals surface area (Å²) in [5.74, 6) is 1.51. The predicted molar refractivity (Wildman–Crippen MR) is 93.1 cm³/mol. The molecule has 1 fully saturated rings. The van der Waals surface area contributed by atoms with Crippen molar-refractivity contribution in [1.82, 2.24) is 14.7 Å². The standard InChI is InChI=1S/C19H25N3O2/c1-15(2)24-18-6-4-17(5-7-18)19(23)21-12-8-16(9-13-21)14-22-11-3-10-20-22/h3-7,10-11,15-16H,8-9,12-14H2,1-2H3. The number of hydrogen-bond acceptors (Lipinski definition) is 3. The van der Waals surface area contributed by atoms with Crippen molar-refractivity contribution < 1.29 is 9.53 Å². The zero-order chi connectivity index (χ0) is 16.9. The van der Waals surface area contributed by atoms with Gasteiger partial charge in [0.05, 0.1) is 6.10 Å². The summed E-state index contributed by atoms with van der Waals surface area (Å²) in [5, 5.41) is 4.26. The van der Waals surface area contributed by atoms with Crippen LogP contribution >= 0.6 is 0 Å². The fourth-order valence-electron chi connectivity index (χ4n) is 3.12. The summed E-state index contributed by atoms with van der Waals surface area (Å²) in [6.45, 7) is 6.55. The number of aromatic nitrogens is 2. The molecule has 0 N–H and O–H groups in total. The molecule has 0 aliphatic carbocycles. The number of rotatable bonds is 5. The highest BCUT2D eigenvalue weighted by Gasteiger charge is 2.24. The summed E-state index contributed by atoms with van der Waals surface area (Å²) in [4.78, 5) is 14.6. The number of ether oxygens (including phenoxy) is 1. The Morgan fingerprint density at radius 1 is 1.25 bits per heavy atom. The molecule has 1 saturated heterocycles. The predicted octanol–water partition coefficient (Wildman–Crippen LogP) is 3.22. The Morgan fingerprint density at radius 2 is 1.96 bits per heavy atom. The van der Waals surface area contributed by atoms with Gasteiger partial charge in [0.2, 0.25) is 0 Å². The van der Waals surface area contributed by atoms with Gasteiger partial charge in [-0.1, -0.05) is 0 Å². The normalized spacial score (nSPS) is 15.7. The van der Waals surface area contributed by atoms with E-state index in [4.69, 9.17) is 4.74 Å². The van der Waals surface area contributed by atoms with Crippen LogP contribution in [0.15, 0.2) is 42.7 Å². The lowest BCUT2D eigenvalue weighted by Gasteiger charge is -2.32. The van der Waals surface area contributed by atoms with Gasteiger partial charge < -0.3 is 9.64 Å². The molecular weight excluding hydrogens is 302 g/mol. The molecular formula is C19H25N3O2. The quantitative estimate of drug-likeness (QED) is 0.847. The zero-order valence-electron chi connectivity index (χ0n) is 14.4. The van der Waals surface area contributed by atoms with E-state index in [0.717, 1.165) is 43.8 Å². The summed E-state index contributed by atoms with van der Waals surface area (Å²) in [6, 6.07) is 9.41. The lowest BCUT2D eigenvalue weighted by Crippen LogP contribution is -2.39. The van der Waals surface area contributed by atoms with Crippen molar-refractivity contribution in [1.29, 1.82) is 0 Å². The minimum Gasteiger partial charge on any atom is -0.491 e. The van der Waals surface area contributed by atoms with Crippen LogP contribution in [0.2, 0.25) is 0 Å². The highest BCUT2D eigenvalue weighted by molar-refractivity contribution is 5.94. The molecule has 1 aliphatic rings. The SMILES string of the molecule is CC(C)Oc1ccc(C(=O)N2CCC(Cn3cccn3)CC2)cc1. The molecule has 24 heavy (non-hydrogen) atoms. The molecule has 0 saturated carbocycles. The molecule has 0 spiro atoms. The molecule has 3 rings (SSSR count). The van der Waals surface area contributed by atoms with E-state index in [1.54, 1.807) is 0 Å². The minimum absolute atomic E-state index is 0.114. The molecule has 1 aromatic heterocycles. The molecule has 1 aromatic carbocycles. The summed E-state index contributed by atoms with van der Waals surface area (Å²) in [7, 11) is 0. The Balaban J connectivity index is 1.53. The molecule has 0 radical (unpaired) electrons. The van der Waals surface area contributed by atoms with Crippen LogP contribution in [-0.4, -0.2) is 39.8 Å². The van der Waals surface area contributed by atoms with Gasteiger partial charge in [-0.15, -0.1) is 0 Å². The van der Waals surface area contributed by atoms with E-state index in [9.17, 15) is 4.79 Å². The van der Waals surface area contributed by atoms with Crippen molar-refractivity contribution in [2.45, 2.75) is 39.3 Å². The lowest BCUT2D eigenvalue weighted by atomic mass is 9.96. The smallest absolute Gasteiger partial charge is 0.253 e. The largest absolute Gasteiger partial charge is 0.491 e. The summed E-state index contributed by atoms with van der Waals surface area (Å²) in [6.07, 6.45) is 6.00. The van der Waals surface area contributed by atoms with E-state index in [1.165, 1.54) is 0 Å². The van der Waals surface area contributed by atoms with E-state index in [0.29, 0.717) is 5.92 Å². The highest BCUT2D eigenvalue weighted by atomic mass is 16.5. The third-order valence-electron chi connectivity index (χ3n) is 4.38. The highest BCUT2D eigenvalue weighted by Crippen LogP contribution is 2.21. The second kappa shape index (κ2) is 7.51. The average Bonchev–Trinajstić information content (AvgIpc) is 3.08. The summed E-state index contributed by atoms with van der Waals surface area (Å²) in [5.41, 5.74) is 0.733. The van der Waals surface area contributed by atoms with Crippen molar-refractivity contribution in [3.8, 4) is 5.75 Å². The van der Waals surface area contributed by atoms with E-state index in [2.05, 4.69) is 5.10 Å². The third kappa shape index (κ3) is 4.16. The number of likely N-dealkylation sites (tertiary alicyclic amines) is 1. The molecule has 2 heterocycles.